The van der Waals surface area contributed by atoms with Gasteiger partial charge in [-0.15, -0.1) is 10.2 Å². The average Bonchev–Trinajstić information content (AvgIpc) is 2.69. The number of aromatic nitrogens is 2. The number of alkyl halides is 3. The molecule has 1 aromatic rings. The first-order valence-electron chi connectivity index (χ1n) is 5.31. The van der Waals surface area contributed by atoms with E-state index < -0.39 is 11.2 Å². The standard InChI is InChI=1S/C9H13F3N4S/c1-16-4-2-6(3-5-16)13-8-15-14-7(17-8)9(10,11)12/h6H,2-5H2,1H3,(H,13,15). The Morgan fingerprint density at radius 2 is 1.94 bits per heavy atom. The lowest BCUT2D eigenvalue weighted by Crippen LogP contribution is -2.36. The Morgan fingerprint density at radius 1 is 1.29 bits per heavy atom. The lowest BCUT2D eigenvalue weighted by Gasteiger charge is -2.29. The molecule has 4 nitrogen and oxygen atoms in total. The molecule has 1 aromatic heterocycles. The molecule has 1 N–H and O–H groups in total. The second-order valence-corrected chi connectivity index (χ2v) is 5.11. The number of hydrogen-bond acceptors (Lipinski definition) is 5. The van der Waals surface area contributed by atoms with Crippen LogP contribution in [0, 0.1) is 0 Å². The van der Waals surface area contributed by atoms with Gasteiger partial charge in [0.15, 0.2) is 0 Å². The van der Waals surface area contributed by atoms with Crippen molar-refractivity contribution in [1.29, 1.82) is 0 Å². The summed E-state index contributed by atoms with van der Waals surface area (Å²) in [5.74, 6) is 0. The smallest absolute Gasteiger partial charge is 0.357 e. The first kappa shape index (κ1) is 12.6. The molecule has 0 radical (unpaired) electrons. The maximum absolute atomic E-state index is 12.3. The summed E-state index contributed by atoms with van der Waals surface area (Å²) in [5, 5.41) is 9.03. The topological polar surface area (TPSA) is 41.0 Å². The molecule has 0 atom stereocenters. The molecule has 0 aromatic carbocycles. The molecule has 1 aliphatic rings. The van der Waals surface area contributed by atoms with Crippen molar-refractivity contribution in [3.05, 3.63) is 5.01 Å². The summed E-state index contributed by atoms with van der Waals surface area (Å²) in [6.45, 7) is 1.89. The summed E-state index contributed by atoms with van der Waals surface area (Å²) >= 11 is 0.562. The Bertz CT molecular complexity index is 371. The van der Waals surface area contributed by atoms with Crippen molar-refractivity contribution < 1.29 is 13.2 Å². The highest BCUT2D eigenvalue weighted by atomic mass is 32.1. The molecule has 0 amide bonds. The van der Waals surface area contributed by atoms with E-state index in [9.17, 15) is 13.2 Å². The van der Waals surface area contributed by atoms with Crippen molar-refractivity contribution >= 4 is 16.5 Å². The quantitative estimate of drug-likeness (QED) is 0.889. The fourth-order valence-electron chi connectivity index (χ4n) is 1.72. The maximum atomic E-state index is 12.3. The van der Waals surface area contributed by atoms with Crippen LogP contribution in [0.4, 0.5) is 18.3 Å². The van der Waals surface area contributed by atoms with E-state index >= 15 is 0 Å². The molecule has 0 aliphatic carbocycles. The predicted octanol–water partition coefficient (Wildman–Crippen LogP) is 2.06. The van der Waals surface area contributed by atoms with Gasteiger partial charge in [-0.05, 0) is 33.0 Å². The van der Waals surface area contributed by atoms with E-state index in [1.54, 1.807) is 0 Å². The predicted molar refractivity (Wildman–Crippen MR) is 59.1 cm³/mol. The molecule has 1 fully saturated rings. The highest BCUT2D eigenvalue weighted by Crippen LogP contribution is 2.33. The number of halogens is 3. The van der Waals surface area contributed by atoms with E-state index in [0.29, 0.717) is 11.3 Å². The van der Waals surface area contributed by atoms with Crippen LogP contribution in [0.15, 0.2) is 0 Å². The molecule has 2 rings (SSSR count). The van der Waals surface area contributed by atoms with Gasteiger partial charge in [-0.3, -0.25) is 0 Å². The second-order valence-electron chi connectivity index (χ2n) is 4.13. The van der Waals surface area contributed by atoms with E-state index in [4.69, 9.17) is 0 Å². The Morgan fingerprint density at radius 3 is 2.47 bits per heavy atom. The summed E-state index contributed by atoms with van der Waals surface area (Å²) in [4.78, 5) is 2.19. The van der Waals surface area contributed by atoms with Gasteiger partial charge in [-0.1, -0.05) is 11.3 Å². The van der Waals surface area contributed by atoms with Gasteiger partial charge in [0.2, 0.25) is 10.1 Å². The van der Waals surface area contributed by atoms with Gasteiger partial charge in [-0.2, -0.15) is 13.2 Å². The Kier molecular flexibility index (Phi) is 3.53. The number of nitrogens with zero attached hydrogens (tertiary/aromatic N) is 3. The monoisotopic (exact) mass is 266 g/mol. The molecule has 2 heterocycles. The molecule has 0 unspecified atom stereocenters. The average molecular weight is 266 g/mol. The lowest BCUT2D eigenvalue weighted by molar-refractivity contribution is -0.138. The first-order valence-corrected chi connectivity index (χ1v) is 6.12. The number of rotatable bonds is 2. The minimum absolute atomic E-state index is 0.195. The van der Waals surface area contributed by atoms with E-state index in [1.807, 2.05) is 7.05 Å². The van der Waals surface area contributed by atoms with Crippen molar-refractivity contribution in [2.75, 3.05) is 25.5 Å². The third-order valence-corrected chi connectivity index (χ3v) is 3.61. The van der Waals surface area contributed by atoms with Crippen molar-refractivity contribution in [3.63, 3.8) is 0 Å². The maximum Gasteiger partial charge on any atom is 0.445 e. The van der Waals surface area contributed by atoms with Gasteiger partial charge in [0.05, 0.1) is 0 Å². The van der Waals surface area contributed by atoms with Crippen LogP contribution in [-0.4, -0.2) is 41.3 Å². The molecular formula is C9H13F3N4S. The van der Waals surface area contributed by atoms with Crippen molar-refractivity contribution in [2.24, 2.45) is 0 Å². The number of likely N-dealkylation sites (tertiary alicyclic amines) is 1. The van der Waals surface area contributed by atoms with Gasteiger partial charge in [-0.25, -0.2) is 0 Å². The van der Waals surface area contributed by atoms with Crippen LogP contribution in [0.25, 0.3) is 0 Å². The summed E-state index contributed by atoms with van der Waals surface area (Å²) < 4.78 is 36.9. The van der Waals surface area contributed by atoms with Crippen LogP contribution in [0.5, 0.6) is 0 Å². The van der Waals surface area contributed by atoms with E-state index in [2.05, 4.69) is 20.4 Å². The summed E-state index contributed by atoms with van der Waals surface area (Å²) in [6, 6.07) is 0.195. The van der Waals surface area contributed by atoms with E-state index in [1.165, 1.54) is 0 Å². The number of hydrogen-bond donors (Lipinski definition) is 1. The Hall–Kier alpha value is -0.890. The number of piperidine rings is 1. The molecule has 17 heavy (non-hydrogen) atoms. The number of nitrogens with one attached hydrogen (secondary N) is 1. The van der Waals surface area contributed by atoms with Crippen molar-refractivity contribution in [2.45, 2.75) is 25.1 Å². The third kappa shape index (κ3) is 3.29. The van der Waals surface area contributed by atoms with E-state index in [0.717, 1.165) is 25.9 Å². The zero-order valence-corrected chi connectivity index (χ0v) is 10.1. The first-order chi connectivity index (χ1) is 7.95. The van der Waals surface area contributed by atoms with Gasteiger partial charge in [0.25, 0.3) is 0 Å². The van der Waals surface area contributed by atoms with Gasteiger partial charge in [0, 0.05) is 6.04 Å². The Labute approximate surface area is 101 Å². The molecular weight excluding hydrogens is 253 g/mol. The highest BCUT2D eigenvalue weighted by Gasteiger charge is 2.35. The molecule has 0 bridgehead atoms. The van der Waals surface area contributed by atoms with Gasteiger partial charge < -0.3 is 10.2 Å². The zero-order chi connectivity index (χ0) is 12.5. The van der Waals surface area contributed by atoms with Crippen molar-refractivity contribution in [1.82, 2.24) is 15.1 Å². The van der Waals surface area contributed by atoms with Crippen molar-refractivity contribution in [3.8, 4) is 0 Å². The van der Waals surface area contributed by atoms with Crippen LogP contribution >= 0.6 is 11.3 Å². The molecule has 1 saturated heterocycles. The fourth-order valence-corrected chi connectivity index (χ4v) is 2.41. The molecule has 0 saturated carbocycles. The van der Waals surface area contributed by atoms with Gasteiger partial charge >= 0.3 is 6.18 Å². The molecule has 96 valence electrons. The summed E-state index contributed by atoms with van der Waals surface area (Å²) in [7, 11) is 2.03. The largest absolute Gasteiger partial charge is 0.445 e. The summed E-state index contributed by atoms with van der Waals surface area (Å²) in [6.07, 6.45) is -2.57. The zero-order valence-electron chi connectivity index (χ0n) is 9.29. The Balaban J connectivity index is 1.93. The number of anilines is 1. The van der Waals surface area contributed by atoms with Crippen LogP contribution in [0.1, 0.15) is 17.8 Å². The SMILES string of the molecule is CN1CCC(Nc2nnc(C(F)(F)F)s2)CC1. The molecule has 1 aliphatic heterocycles. The minimum atomic E-state index is -4.40. The summed E-state index contributed by atoms with van der Waals surface area (Å²) in [5.41, 5.74) is 0. The highest BCUT2D eigenvalue weighted by molar-refractivity contribution is 7.15. The molecule has 0 spiro atoms. The van der Waals surface area contributed by atoms with Crippen LogP contribution in [0.3, 0.4) is 0 Å². The third-order valence-electron chi connectivity index (χ3n) is 2.71. The van der Waals surface area contributed by atoms with Gasteiger partial charge in [0.1, 0.15) is 0 Å². The van der Waals surface area contributed by atoms with Crippen LogP contribution < -0.4 is 5.32 Å². The molecule has 8 heteroatoms. The van der Waals surface area contributed by atoms with Crippen LogP contribution in [-0.2, 0) is 6.18 Å². The minimum Gasteiger partial charge on any atom is -0.357 e. The van der Waals surface area contributed by atoms with E-state index in [-0.39, 0.29) is 11.2 Å². The fraction of sp³-hybridized carbons (Fsp3) is 0.778. The van der Waals surface area contributed by atoms with Crippen LogP contribution in [0.2, 0.25) is 0 Å². The lowest BCUT2D eigenvalue weighted by atomic mass is 10.1. The second kappa shape index (κ2) is 4.77. The normalized spacial score (nSPS) is 19.5.